The molecule has 0 fully saturated rings. The van der Waals surface area contributed by atoms with Crippen LogP contribution in [0.15, 0.2) is 12.1 Å². The lowest BCUT2D eigenvalue weighted by Crippen LogP contribution is -2.11. The van der Waals surface area contributed by atoms with Crippen molar-refractivity contribution >= 4 is 0 Å². The number of fused-ring (bicyclic) bond motifs is 1. The van der Waals surface area contributed by atoms with Crippen molar-refractivity contribution in [1.82, 2.24) is 5.32 Å². The first-order valence-electron chi connectivity index (χ1n) is 4.52. The van der Waals surface area contributed by atoms with Crippen LogP contribution in [0, 0.1) is 0 Å². The van der Waals surface area contributed by atoms with E-state index >= 15 is 0 Å². The smallest absolute Gasteiger partial charge is 0.157 e. The van der Waals surface area contributed by atoms with Crippen molar-refractivity contribution in [2.45, 2.75) is 19.4 Å². The Bertz CT molecular complexity index is 292. The molecule has 1 aliphatic heterocycles. The van der Waals surface area contributed by atoms with E-state index in [0.29, 0.717) is 0 Å². The van der Waals surface area contributed by atoms with Gasteiger partial charge in [-0.2, -0.15) is 0 Å². The van der Waals surface area contributed by atoms with Crippen LogP contribution in [0.1, 0.15) is 17.5 Å². The third-order valence-electron chi connectivity index (χ3n) is 2.41. The summed E-state index contributed by atoms with van der Waals surface area (Å²) in [5.74, 6) is -0.0388. The van der Waals surface area contributed by atoms with Gasteiger partial charge in [-0.3, -0.25) is 0 Å². The van der Waals surface area contributed by atoms with Crippen molar-refractivity contribution in [1.29, 1.82) is 0 Å². The first kappa shape index (κ1) is 8.38. The molecule has 1 aliphatic rings. The quantitative estimate of drug-likeness (QED) is 0.523. The predicted octanol–water partition coefficient (Wildman–Crippen LogP) is 1.13. The number of aromatic hydroxyl groups is 2. The molecule has 0 spiro atoms. The number of phenolic OH excluding ortho intramolecular Hbond substituents is 2. The van der Waals surface area contributed by atoms with Crippen LogP contribution >= 0.6 is 0 Å². The number of nitrogens with one attached hydrogen (secondary N) is 1. The van der Waals surface area contributed by atoms with Crippen molar-refractivity contribution in [3.05, 3.63) is 23.3 Å². The summed E-state index contributed by atoms with van der Waals surface area (Å²) in [6.45, 7) is 1.78. The van der Waals surface area contributed by atoms with Crippen molar-refractivity contribution in [2.24, 2.45) is 0 Å². The molecule has 0 aliphatic carbocycles. The molecule has 2 rings (SSSR count). The van der Waals surface area contributed by atoms with Gasteiger partial charge in [-0.15, -0.1) is 0 Å². The van der Waals surface area contributed by atoms with Gasteiger partial charge in [0, 0.05) is 6.54 Å². The van der Waals surface area contributed by atoms with Gasteiger partial charge in [-0.05, 0) is 42.6 Å². The topological polar surface area (TPSA) is 52.5 Å². The number of aryl methyl sites for hydroxylation is 1. The SMILES string of the molecule is Oc1cc2c(cc1O)CNCCC2. The van der Waals surface area contributed by atoms with Gasteiger partial charge < -0.3 is 15.5 Å². The van der Waals surface area contributed by atoms with E-state index in [1.807, 2.05) is 0 Å². The molecule has 0 unspecified atom stereocenters. The Morgan fingerprint density at radius 2 is 1.77 bits per heavy atom. The van der Waals surface area contributed by atoms with Crippen molar-refractivity contribution in [3.8, 4) is 11.5 Å². The van der Waals surface area contributed by atoms with Crippen LogP contribution in [0.2, 0.25) is 0 Å². The maximum atomic E-state index is 9.30. The predicted molar refractivity (Wildman–Crippen MR) is 49.8 cm³/mol. The summed E-state index contributed by atoms with van der Waals surface area (Å²) in [6.07, 6.45) is 2.05. The lowest BCUT2D eigenvalue weighted by Gasteiger charge is -2.07. The molecular formula is C10H13NO2. The molecule has 0 aromatic heterocycles. The zero-order valence-corrected chi connectivity index (χ0v) is 7.38. The van der Waals surface area contributed by atoms with Gasteiger partial charge in [-0.25, -0.2) is 0 Å². The highest BCUT2D eigenvalue weighted by atomic mass is 16.3. The summed E-state index contributed by atoms with van der Waals surface area (Å²) in [4.78, 5) is 0. The molecule has 70 valence electrons. The molecule has 1 aromatic rings. The van der Waals surface area contributed by atoms with E-state index in [9.17, 15) is 10.2 Å². The van der Waals surface area contributed by atoms with Crippen LogP contribution < -0.4 is 5.32 Å². The number of rotatable bonds is 0. The zero-order valence-electron chi connectivity index (χ0n) is 7.38. The number of benzene rings is 1. The maximum Gasteiger partial charge on any atom is 0.157 e. The first-order chi connectivity index (χ1) is 6.27. The van der Waals surface area contributed by atoms with E-state index in [-0.39, 0.29) is 11.5 Å². The van der Waals surface area contributed by atoms with E-state index in [0.717, 1.165) is 37.1 Å². The first-order valence-corrected chi connectivity index (χ1v) is 4.52. The summed E-state index contributed by atoms with van der Waals surface area (Å²) in [7, 11) is 0. The molecule has 0 atom stereocenters. The molecule has 1 aromatic carbocycles. The van der Waals surface area contributed by atoms with Crippen LogP contribution in [-0.4, -0.2) is 16.8 Å². The molecule has 1 heterocycles. The largest absolute Gasteiger partial charge is 0.504 e. The Morgan fingerprint density at radius 3 is 2.54 bits per heavy atom. The maximum absolute atomic E-state index is 9.30. The van der Waals surface area contributed by atoms with Crippen molar-refractivity contribution in [3.63, 3.8) is 0 Å². The summed E-state index contributed by atoms with van der Waals surface area (Å²) >= 11 is 0. The molecule has 13 heavy (non-hydrogen) atoms. The molecular weight excluding hydrogens is 166 g/mol. The molecule has 0 saturated heterocycles. The van der Waals surface area contributed by atoms with Crippen LogP contribution in [0.5, 0.6) is 11.5 Å². The molecule has 3 nitrogen and oxygen atoms in total. The van der Waals surface area contributed by atoms with Gasteiger partial charge in [0.15, 0.2) is 11.5 Å². The van der Waals surface area contributed by atoms with E-state index in [1.165, 1.54) is 0 Å². The minimum Gasteiger partial charge on any atom is -0.504 e. The molecule has 3 N–H and O–H groups in total. The lowest BCUT2D eigenvalue weighted by molar-refractivity contribution is 0.402. The van der Waals surface area contributed by atoms with Gasteiger partial charge in [0.2, 0.25) is 0 Å². The molecule has 0 saturated carbocycles. The number of hydrogen-bond acceptors (Lipinski definition) is 3. The second kappa shape index (κ2) is 3.26. The fourth-order valence-corrected chi connectivity index (χ4v) is 1.69. The normalized spacial score (nSPS) is 16.3. The van der Waals surface area contributed by atoms with Gasteiger partial charge in [0.1, 0.15) is 0 Å². The van der Waals surface area contributed by atoms with E-state index < -0.39 is 0 Å². The second-order valence-corrected chi connectivity index (χ2v) is 3.39. The third-order valence-corrected chi connectivity index (χ3v) is 2.41. The molecule has 0 radical (unpaired) electrons. The fourth-order valence-electron chi connectivity index (χ4n) is 1.69. The van der Waals surface area contributed by atoms with Crippen molar-refractivity contribution < 1.29 is 10.2 Å². The van der Waals surface area contributed by atoms with Gasteiger partial charge in [0.25, 0.3) is 0 Å². The highest BCUT2D eigenvalue weighted by molar-refractivity contribution is 5.45. The van der Waals surface area contributed by atoms with E-state index in [2.05, 4.69) is 5.32 Å². The highest BCUT2D eigenvalue weighted by Gasteiger charge is 2.10. The van der Waals surface area contributed by atoms with E-state index in [1.54, 1.807) is 12.1 Å². The Balaban J connectivity index is 2.43. The molecule has 0 bridgehead atoms. The van der Waals surface area contributed by atoms with E-state index in [4.69, 9.17) is 0 Å². The Morgan fingerprint density at radius 1 is 1.08 bits per heavy atom. The lowest BCUT2D eigenvalue weighted by atomic mass is 10.0. The minimum absolute atomic E-state index is 0.0133. The third kappa shape index (κ3) is 1.60. The summed E-state index contributed by atoms with van der Waals surface area (Å²) < 4.78 is 0. The number of phenols is 2. The zero-order chi connectivity index (χ0) is 9.26. The minimum atomic E-state index is -0.0255. The average molecular weight is 179 g/mol. The second-order valence-electron chi connectivity index (χ2n) is 3.39. The van der Waals surface area contributed by atoms with Crippen LogP contribution in [0.4, 0.5) is 0 Å². The molecule has 3 heteroatoms. The average Bonchev–Trinajstić information content (AvgIpc) is 2.31. The van der Waals surface area contributed by atoms with Crippen LogP contribution in [0.25, 0.3) is 0 Å². The van der Waals surface area contributed by atoms with Crippen LogP contribution in [-0.2, 0) is 13.0 Å². The van der Waals surface area contributed by atoms with Crippen molar-refractivity contribution in [2.75, 3.05) is 6.54 Å². The van der Waals surface area contributed by atoms with Gasteiger partial charge in [0.05, 0.1) is 0 Å². The Kier molecular flexibility index (Phi) is 2.10. The van der Waals surface area contributed by atoms with Gasteiger partial charge >= 0.3 is 0 Å². The summed E-state index contributed by atoms with van der Waals surface area (Å²) in [5, 5.41) is 21.8. The fraction of sp³-hybridized carbons (Fsp3) is 0.400. The van der Waals surface area contributed by atoms with Crippen LogP contribution in [0.3, 0.4) is 0 Å². The highest BCUT2D eigenvalue weighted by Crippen LogP contribution is 2.29. The summed E-state index contributed by atoms with van der Waals surface area (Å²) in [6, 6.07) is 3.31. The molecule has 0 amide bonds. The standard InChI is InChI=1S/C10H13NO2/c12-9-4-7-2-1-3-11-6-8(7)5-10(9)13/h4-5,11-13H,1-3,6H2. The summed E-state index contributed by atoms with van der Waals surface area (Å²) in [5.41, 5.74) is 2.23. The Hall–Kier alpha value is -1.22. The van der Waals surface area contributed by atoms with Gasteiger partial charge in [-0.1, -0.05) is 0 Å². The monoisotopic (exact) mass is 179 g/mol. The Labute approximate surface area is 77.0 Å². The number of hydrogen-bond donors (Lipinski definition) is 3.